The Morgan fingerprint density at radius 1 is 1.26 bits per heavy atom. The molecular weight excluding hydrogens is 393 g/mol. The van der Waals surface area contributed by atoms with E-state index < -0.39 is 5.97 Å². The van der Waals surface area contributed by atoms with Crippen molar-refractivity contribution >= 4 is 27.8 Å². The van der Waals surface area contributed by atoms with E-state index in [1.807, 2.05) is 18.3 Å². The molecule has 2 atom stereocenters. The Hall–Kier alpha value is -3.15. The van der Waals surface area contributed by atoms with E-state index in [1.54, 1.807) is 6.92 Å². The molecule has 160 valence electrons. The van der Waals surface area contributed by atoms with Crippen molar-refractivity contribution in [2.24, 2.45) is 5.92 Å². The summed E-state index contributed by atoms with van der Waals surface area (Å²) in [6, 6.07) is 9.50. The van der Waals surface area contributed by atoms with Crippen LogP contribution in [-0.4, -0.2) is 25.8 Å². The number of rotatable bonds is 4. The SMILES string of the molecule is Cc1cc(-n2c(C(C)C)c([C@@H]3CCC(C(=O)O)C3)c3cc4[nH]ncc4cc32)ccc1F. The van der Waals surface area contributed by atoms with Gasteiger partial charge in [-0.25, -0.2) is 4.39 Å². The maximum absolute atomic E-state index is 14.0. The number of benzene rings is 2. The van der Waals surface area contributed by atoms with Crippen LogP contribution >= 0.6 is 0 Å². The van der Waals surface area contributed by atoms with E-state index in [-0.39, 0.29) is 23.6 Å². The first-order chi connectivity index (χ1) is 14.8. The molecule has 0 amide bonds. The Morgan fingerprint density at radius 3 is 2.74 bits per heavy atom. The number of aryl methyl sites for hydroxylation is 1. The van der Waals surface area contributed by atoms with E-state index >= 15 is 0 Å². The largest absolute Gasteiger partial charge is 0.481 e. The molecule has 1 saturated carbocycles. The highest BCUT2D eigenvalue weighted by atomic mass is 19.1. The first-order valence-corrected chi connectivity index (χ1v) is 10.9. The van der Waals surface area contributed by atoms with Crippen molar-refractivity contribution in [3.8, 4) is 5.69 Å². The number of carboxylic acid groups (broad SMARTS) is 1. The van der Waals surface area contributed by atoms with Gasteiger partial charge in [0.25, 0.3) is 0 Å². The van der Waals surface area contributed by atoms with Crippen LogP contribution in [0.5, 0.6) is 0 Å². The highest BCUT2D eigenvalue weighted by molar-refractivity contribution is 5.99. The van der Waals surface area contributed by atoms with Crippen molar-refractivity contribution in [1.29, 1.82) is 0 Å². The van der Waals surface area contributed by atoms with E-state index in [4.69, 9.17) is 0 Å². The van der Waals surface area contributed by atoms with E-state index in [2.05, 4.69) is 40.7 Å². The molecule has 5 rings (SSSR count). The van der Waals surface area contributed by atoms with Gasteiger partial charge in [0.2, 0.25) is 0 Å². The minimum atomic E-state index is -0.706. The molecule has 2 aromatic heterocycles. The standard InChI is InChI=1S/C25H26FN3O2/c1-13(2)24-23(15-4-5-16(9-15)25(30)31)19-11-21-17(12-27-28-21)10-22(19)29(24)18-6-7-20(26)14(3)8-18/h6-8,10-13,15-16H,4-5,9H2,1-3H3,(H,27,28)(H,30,31)/t15-,16?/m1/s1. The Kier molecular flexibility index (Phi) is 4.61. The fourth-order valence-corrected chi connectivity index (χ4v) is 5.28. The molecule has 2 heterocycles. The predicted molar refractivity (Wildman–Crippen MR) is 119 cm³/mol. The monoisotopic (exact) mass is 419 g/mol. The van der Waals surface area contributed by atoms with Gasteiger partial charge < -0.3 is 9.67 Å². The number of nitrogens with zero attached hydrogens (tertiary/aromatic N) is 2. The first-order valence-electron chi connectivity index (χ1n) is 10.9. The van der Waals surface area contributed by atoms with Gasteiger partial charge in [0.1, 0.15) is 5.82 Å². The summed E-state index contributed by atoms with van der Waals surface area (Å²) in [6.45, 7) is 6.12. The lowest BCUT2D eigenvalue weighted by Crippen LogP contribution is -2.10. The average Bonchev–Trinajstić information content (AvgIpc) is 3.44. The number of nitrogens with one attached hydrogen (secondary N) is 1. The zero-order chi connectivity index (χ0) is 21.9. The number of carbonyl (C=O) groups is 1. The lowest BCUT2D eigenvalue weighted by molar-refractivity contribution is -0.141. The molecule has 2 aromatic carbocycles. The number of hydrogen-bond donors (Lipinski definition) is 2. The van der Waals surface area contributed by atoms with Gasteiger partial charge in [-0.05, 0) is 79.5 Å². The normalized spacial score (nSPS) is 19.1. The van der Waals surface area contributed by atoms with Crippen molar-refractivity contribution in [1.82, 2.24) is 14.8 Å². The van der Waals surface area contributed by atoms with Gasteiger partial charge in [0.15, 0.2) is 0 Å². The Morgan fingerprint density at radius 2 is 2.06 bits per heavy atom. The van der Waals surface area contributed by atoms with Crippen LogP contribution in [0.2, 0.25) is 0 Å². The molecule has 1 aliphatic carbocycles. The van der Waals surface area contributed by atoms with E-state index in [0.717, 1.165) is 33.9 Å². The molecule has 0 saturated heterocycles. The maximum atomic E-state index is 14.0. The first kappa shape index (κ1) is 19.8. The summed E-state index contributed by atoms with van der Waals surface area (Å²) < 4.78 is 16.3. The van der Waals surface area contributed by atoms with Crippen LogP contribution in [0.1, 0.15) is 61.8 Å². The number of carboxylic acids is 1. The van der Waals surface area contributed by atoms with Crippen molar-refractivity contribution in [3.05, 3.63) is 59.2 Å². The topological polar surface area (TPSA) is 70.9 Å². The molecular formula is C25H26FN3O2. The second-order valence-electron chi connectivity index (χ2n) is 9.09. The van der Waals surface area contributed by atoms with Crippen LogP contribution in [0.15, 0.2) is 36.5 Å². The summed E-state index contributed by atoms with van der Waals surface area (Å²) >= 11 is 0. The molecule has 6 heteroatoms. The molecule has 0 radical (unpaired) electrons. The van der Waals surface area contributed by atoms with Crippen LogP contribution in [0, 0.1) is 18.7 Å². The second kappa shape index (κ2) is 7.22. The summed E-state index contributed by atoms with van der Waals surface area (Å²) in [5.74, 6) is -0.823. The number of aliphatic carboxylic acids is 1. The molecule has 0 spiro atoms. The lowest BCUT2D eigenvalue weighted by atomic mass is 9.90. The van der Waals surface area contributed by atoms with Crippen LogP contribution in [0.25, 0.3) is 27.5 Å². The summed E-state index contributed by atoms with van der Waals surface area (Å²) in [7, 11) is 0. The zero-order valence-corrected chi connectivity index (χ0v) is 17.9. The van der Waals surface area contributed by atoms with Gasteiger partial charge in [0, 0.05) is 22.2 Å². The summed E-state index contributed by atoms with van der Waals surface area (Å²) in [5, 5.41) is 19.0. The third-order valence-electron chi connectivity index (χ3n) is 6.74. The van der Waals surface area contributed by atoms with Crippen LogP contribution < -0.4 is 0 Å². The number of hydrogen-bond acceptors (Lipinski definition) is 2. The fraction of sp³-hybridized carbons (Fsp3) is 0.360. The summed E-state index contributed by atoms with van der Waals surface area (Å²) in [5.41, 5.74) is 5.95. The summed E-state index contributed by atoms with van der Waals surface area (Å²) in [6.07, 6.45) is 4.02. The number of halogens is 1. The molecule has 2 N–H and O–H groups in total. The molecule has 4 aromatic rings. The molecule has 1 unspecified atom stereocenters. The number of aromatic nitrogens is 3. The van der Waals surface area contributed by atoms with Crippen molar-refractivity contribution < 1.29 is 14.3 Å². The third-order valence-corrected chi connectivity index (χ3v) is 6.74. The van der Waals surface area contributed by atoms with Gasteiger partial charge >= 0.3 is 5.97 Å². The minimum Gasteiger partial charge on any atom is -0.481 e. The van der Waals surface area contributed by atoms with Crippen LogP contribution in [0.3, 0.4) is 0 Å². The van der Waals surface area contributed by atoms with Gasteiger partial charge in [-0.2, -0.15) is 5.10 Å². The average molecular weight is 420 g/mol. The van der Waals surface area contributed by atoms with Crippen LogP contribution in [-0.2, 0) is 4.79 Å². The quantitative estimate of drug-likeness (QED) is 0.423. The van der Waals surface area contributed by atoms with E-state index in [1.165, 1.54) is 17.3 Å². The number of fused-ring (bicyclic) bond motifs is 2. The molecule has 31 heavy (non-hydrogen) atoms. The van der Waals surface area contributed by atoms with E-state index in [9.17, 15) is 14.3 Å². The molecule has 0 aliphatic heterocycles. The molecule has 1 fully saturated rings. The second-order valence-corrected chi connectivity index (χ2v) is 9.09. The van der Waals surface area contributed by atoms with Gasteiger partial charge in [-0.1, -0.05) is 13.8 Å². The number of H-pyrrole nitrogens is 1. The van der Waals surface area contributed by atoms with Gasteiger partial charge in [-0.3, -0.25) is 9.89 Å². The maximum Gasteiger partial charge on any atom is 0.306 e. The van der Waals surface area contributed by atoms with Crippen LogP contribution in [0.4, 0.5) is 4.39 Å². The zero-order valence-electron chi connectivity index (χ0n) is 17.9. The fourth-order valence-electron chi connectivity index (χ4n) is 5.28. The molecule has 5 nitrogen and oxygen atoms in total. The highest BCUT2D eigenvalue weighted by Gasteiger charge is 2.35. The molecule has 1 aliphatic rings. The number of aromatic amines is 1. The molecule has 0 bridgehead atoms. The van der Waals surface area contributed by atoms with Crippen molar-refractivity contribution in [2.75, 3.05) is 0 Å². The van der Waals surface area contributed by atoms with Gasteiger partial charge in [0.05, 0.1) is 23.1 Å². The van der Waals surface area contributed by atoms with Gasteiger partial charge in [-0.15, -0.1) is 0 Å². The predicted octanol–water partition coefficient (Wildman–Crippen LogP) is 6.05. The van der Waals surface area contributed by atoms with Crippen molar-refractivity contribution in [3.63, 3.8) is 0 Å². The lowest BCUT2D eigenvalue weighted by Gasteiger charge is -2.19. The Bertz CT molecular complexity index is 1320. The highest BCUT2D eigenvalue weighted by Crippen LogP contribution is 2.47. The summed E-state index contributed by atoms with van der Waals surface area (Å²) in [4.78, 5) is 11.6. The Balaban J connectivity index is 1.83. The third kappa shape index (κ3) is 3.12. The van der Waals surface area contributed by atoms with Crippen molar-refractivity contribution in [2.45, 2.75) is 51.9 Å². The van der Waals surface area contributed by atoms with E-state index in [0.29, 0.717) is 18.4 Å². The Labute approximate surface area is 179 Å². The minimum absolute atomic E-state index is 0.184. The smallest absolute Gasteiger partial charge is 0.306 e.